The second-order valence-electron chi connectivity index (χ2n) is 4.95. The second-order valence-corrected chi connectivity index (χ2v) is 5.36. The van der Waals surface area contributed by atoms with Gasteiger partial charge in [0.15, 0.2) is 16.7 Å². The highest BCUT2D eigenvalue weighted by molar-refractivity contribution is 7.80. The number of aryl methyl sites for hydroxylation is 3. The lowest BCUT2D eigenvalue weighted by molar-refractivity contribution is 0.512. The van der Waals surface area contributed by atoms with E-state index >= 15 is 0 Å². The Morgan fingerprint density at radius 3 is 2.24 bits per heavy atom. The van der Waals surface area contributed by atoms with Crippen LogP contribution >= 0.6 is 12.2 Å². The van der Waals surface area contributed by atoms with Crippen molar-refractivity contribution in [1.82, 2.24) is 0 Å². The molecule has 0 atom stereocenters. The number of halogens is 2. The predicted molar refractivity (Wildman–Crippen MR) is 86.9 cm³/mol. The zero-order chi connectivity index (χ0) is 15.6. The van der Waals surface area contributed by atoms with Crippen molar-refractivity contribution in [2.75, 3.05) is 10.6 Å². The Bertz CT molecular complexity index is 676. The standard InChI is InChI=1S/C16H16F2N2S/c1-9-7-10(2)15(11(3)8-9)20-16(21)19-13-6-4-5-12(17)14(13)18/h4-8H,1-3H3,(H2,19,20,21). The van der Waals surface area contributed by atoms with E-state index in [9.17, 15) is 8.78 Å². The fraction of sp³-hybridized carbons (Fsp3) is 0.188. The van der Waals surface area contributed by atoms with E-state index in [4.69, 9.17) is 12.2 Å². The molecule has 0 spiro atoms. The van der Waals surface area contributed by atoms with Crippen molar-refractivity contribution in [1.29, 1.82) is 0 Å². The minimum absolute atomic E-state index is 0.00918. The van der Waals surface area contributed by atoms with Crippen LogP contribution in [0.2, 0.25) is 0 Å². The van der Waals surface area contributed by atoms with Crippen LogP contribution in [0.15, 0.2) is 30.3 Å². The smallest absolute Gasteiger partial charge is 0.182 e. The molecule has 0 fully saturated rings. The molecule has 2 aromatic rings. The lowest BCUT2D eigenvalue weighted by atomic mass is 10.1. The van der Waals surface area contributed by atoms with E-state index in [2.05, 4.69) is 10.6 Å². The van der Waals surface area contributed by atoms with Gasteiger partial charge in [-0.25, -0.2) is 8.78 Å². The van der Waals surface area contributed by atoms with Crippen molar-refractivity contribution < 1.29 is 8.78 Å². The fourth-order valence-electron chi connectivity index (χ4n) is 2.24. The van der Waals surface area contributed by atoms with Gasteiger partial charge in [-0.1, -0.05) is 23.8 Å². The number of thiocarbonyl (C=S) groups is 1. The zero-order valence-electron chi connectivity index (χ0n) is 12.1. The molecule has 0 aliphatic rings. The number of nitrogens with one attached hydrogen (secondary N) is 2. The van der Waals surface area contributed by atoms with Crippen LogP contribution in [-0.4, -0.2) is 5.11 Å². The Balaban J connectivity index is 2.18. The summed E-state index contributed by atoms with van der Waals surface area (Å²) in [5.74, 6) is -1.86. The lowest BCUT2D eigenvalue weighted by Gasteiger charge is -2.16. The van der Waals surface area contributed by atoms with E-state index in [1.807, 2.05) is 32.9 Å². The Morgan fingerprint density at radius 2 is 1.62 bits per heavy atom. The zero-order valence-corrected chi connectivity index (χ0v) is 12.9. The summed E-state index contributed by atoms with van der Waals surface area (Å²) in [6.07, 6.45) is 0. The first kappa shape index (κ1) is 15.4. The van der Waals surface area contributed by atoms with Crippen molar-refractivity contribution in [2.45, 2.75) is 20.8 Å². The van der Waals surface area contributed by atoms with Gasteiger partial charge in [0.2, 0.25) is 0 Å². The average Bonchev–Trinajstić information content (AvgIpc) is 2.39. The molecule has 0 heterocycles. The summed E-state index contributed by atoms with van der Waals surface area (Å²) in [5.41, 5.74) is 4.11. The molecule has 2 nitrogen and oxygen atoms in total. The topological polar surface area (TPSA) is 24.1 Å². The molecule has 5 heteroatoms. The van der Waals surface area contributed by atoms with Crippen LogP contribution in [0.4, 0.5) is 20.2 Å². The van der Waals surface area contributed by atoms with Crippen molar-refractivity contribution in [3.05, 3.63) is 58.7 Å². The summed E-state index contributed by atoms with van der Waals surface area (Å²) in [6.45, 7) is 5.95. The highest BCUT2D eigenvalue weighted by Crippen LogP contribution is 2.23. The Kier molecular flexibility index (Phi) is 4.53. The van der Waals surface area contributed by atoms with Crippen molar-refractivity contribution in [2.24, 2.45) is 0 Å². The van der Waals surface area contributed by atoms with Crippen LogP contribution in [-0.2, 0) is 0 Å². The third kappa shape index (κ3) is 3.55. The molecule has 0 saturated heterocycles. The minimum Gasteiger partial charge on any atom is -0.332 e. The summed E-state index contributed by atoms with van der Waals surface area (Å²) in [4.78, 5) is 0. The maximum Gasteiger partial charge on any atom is 0.182 e. The van der Waals surface area contributed by atoms with Crippen LogP contribution in [0.25, 0.3) is 0 Å². The normalized spacial score (nSPS) is 10.3. The van der Waals surface area contributed by atoms with Crippen LogP contribution in [0, 0.1) is 32.4 Å². The summed E-state index contributed by atoms with van der Waals surface area (Å²) in [7, 11) is 0. The van der Waals surface area contributed by atoms with Gasteiger partial charge in [-0.2, -0.15) is 0 Å². The summed E-state index contributed by atoms with van der Waals surface area (Å²) in [5, 5.41) is 5.92. The van der Waals surface area contributed by atoms with Gasteiger partial charge in [0.25, 0.3) is 0 Å². The maximum atomic E-state index is 13.6. The molecular weight excluding hydrogens is 290 g/mol. The van der Waals surface area contributed by atoms with Gasteiger partial charge in [-0.05, 0) is 56.2 Å². The number of hydrogen-bond donors (Lipinski definition) is 2. The average molecular weight is 306 g/mol. The number of hydrogen-bond acceptors (Lipinski definition) is 1. The first-order chi connectivity index (χ1) is 9.88. The molecule has 2 N–H and O–H groups in total. The van der Waals surface area contributed by atoms with Gasteiger partial charge >= 0.3 is 0 Å². The maximum absolute atomic E-state index is 13.6. The second kappa shape index (κ2) is 6.18. The third-order valence-corrected chi connectivity index (χ3v) is 3.32. The Labute approximate surface area is 128 Å². The SMILES string of the molecule is Cc1cc(C)c(NC(=S)Nc2cccc(F)c2F)c(C)c1. The lowest BCUT2D eigenvalue weighted by Crippen LogP contribution is -2.21. The molecule has 0 saturated carbocycles. The largest absolute Gasteiger partial charge is 0.332 e. The first-order valence-electron chi connectivity index (χ1n) is 6.48. The van der Waals surface area contributed by atoms with Crippen molar-refractivity contribution >= 4 is 28.7 Å². The van der Waals surface area contributed by atoms with Gasteiger partial charge in [0, 0.05) is 5.69 Å². The van der Waals surface area contributed by atoms with Gasteiger partial charge in [0.05, 0.1) is 5.69 Å². The highest BCUT2D eigenvalue weighted by atomic mass is 32.1. The molecule has 2 rings (SSSR count). The molecule has 0 radical (unpaired) electrons. The van der Waals surface area contributed by atoms with Crippen molar-refractivity contribution in [3.8, 4) is 0 Å². The van der Waals surface area contributed by atoms with Crippen molar-refractivity contribution in [3.63, 3.8) is 0 Å². The highest BCUT2D eigenvalue weighted by Gasteiger charge is 2.10. The minimum atomic E-state index is -0.945. The van der Waals surface area contributed by atoms with Gasteiger partial charge in [-0.3, -0.25) is 0 Å². The van der Waals surface area contributed by atoms with E-state index < -0.39 is 11.6 Å². The fourth-order valence-corrected chi connectivity index (χ4v) is 2.46. The Morgan fingerprint density at radius 1 is 1.00 bits per heavy atom. The monoisotopic (exact) mass is 306 g/mol. The number of anilines is 2. The molecule has 0 unspecified atom stereocenters. The molecular formula is C16H16F2N2S. The predicted octanol–water partition coefficient (Wildman–Crippen LogP) is 4.70. The number of rotatable bonds is 2. The molecule has 2 aromatic carbocycles. The molecule has 0 amide bonds. The van der Waals surface area contributed by atoms with Crippen LogP contribution in [0.1, 0.15) is 16.7 Å². The van der Waals surface area contributed by atoms with E-state index in [0.717, 1.165) is 28.4 Å². The van der Waals surface area contributed by atoms with Crippen LogP contribution in [0.5, 0.6) is 0 Å². The Hall–Kier alpha value is -2.01. The summed E-state index contributed by atoms with van der Waals surface area (Å²) >= 11 is 5.16. The quantitative estimate of drug-likeness (QED) is 0.787. The molecule has 0 aromatic heterocycles. The molecule has 21 heavy (non-hydrogen) atoms. The third-order valence-electron chi connectivity index (χ3n) is 3.12. The van der Waals surface area contributed by atoms with Gasteiger partial charge in [0.1, 0.15) is 0 Å². The van der Waals surface area contributed by atoms with Crippen LogP contribution in [0.3, 0.4) is 0 Å². The van der Waals surface area contributed by atoms with Gasteiger partial charge in [-0.15, -0.1) is 0 Å². The van der Waals surface area contributed by atoms with E-state index in [1.54, 1.807) is 0 Å². The number of benzene rings is 2. The molecule has 0 bridgehead atoms. The van der Waals surface area contributed by atoms with Crippen LogP contribution < -0.4 is 10.6 Å². The van der Waals surface area contributed by atoms with Gasteiger partial charge < -0.3 is 10.6 Å². The summed E-state index contributed by atoms with van der Waals surface area (Å²) < 4.78 is 26.7. The molecule has 110 valence electrons. The molecule has 0 aliphatic carbocycles. The van der Waals surface area contributed by atoms with E-state index in [-0.39, 0.29) is 10.8 Å². The first-order valence-corrected chi connectivity index (χ1v) is 6.89. The van der Waals surface area contributed by atoms with E-state index in [0.29, 0.717) is 0 Å². The molecule has 0 aliphatic heterocycles. The summed E-state index contributed by atoms with van der Waals surface area (Å²) in [6, 6.07) is 7.97. The van der Waals surface area contributed by atoms with E-state index in [1.165, 1.54) is 12.1 Å².